The van der Waals surface area contributed by atoms with Gasteiger partial charge in [0.1, 0.15) is 0 Å². The normalized spacial score (nSPS) is 25.3. The molecule has 1 aromatic rings. The van der Waals surface area contributed by atoms with Gasteiger partial charge in [-0.1, -0.05) is 30.3 Å². The van der Waals surface area contributed by atoms with Crippen LogP contribution in [-0.2, 0) is 11.3 Å². The standard InChI is InChI=1S/C14H21NO2/c1-15-9-5-8-14(15,11-16)12-17-10-13-6-3-2-4-7-13/h2-4,6-7,16H,5,8-12H2,1H3/t14-/m0/s1. The summed E-state index contributed by atoms with van der Waals surface area (Å²) in [6, 6.07) is 10.2. The van der Waals surface area contributed by atoms with Gasteiger partial charge >= 0.3 is 0 Å². The Hall–Kier alpha value is -0.900. The molecule has 0 spiro atoms. The molecule has 1 fully saturated rings. The minimum absolute atomic E-state index is 0.158. The molecule has 1 aliphatic heterocycles. The van der Waals surface area contributed by atoms with Crippen LogP contribution in [0.15, 0.2) is 30.3 Å². The van der Waals surface area contributed by atoms with Crippen molar-refractivity contribution in [2.45, 2.75) is 25.0 Å². The van der Waals surface area contributed by atoms with Gasteiger partial charge in [-0.2, -0.15) is 0 Å². The van der Waals surface area contributed by atoms with Gasteiger partial charge in [0.2, 0.25) is 0 Å². The molecule has 0 aromatic heterocycles. The summed E-state index contributed by atoms with van der Waals surface area (Å²) in [7, 11) is 2.06. The Bertz CT molecular complexity index is 341. The molecule has 17 heavy (non-hydrogen) atoms. The summed E-state index contributed by atoms with van der Waals surface area (Å²) in [6.45, 7) is 2.46. The Morgan fingerprint density at radius 2 is 2.12 bits per heavy atom. The molecule has 3 nitrogen and oxygen atoms in total. The van der Waals surface area contributed by atoms with Crippen LogP contribution in [0.3, 0.4) is 0 Å². The lowest BCUT2D eigenvalue weighted by Gasteiger charge is -2.34. The molecule has 0 aliphatic carbocycles. The Morgan fingerprint density at radius 3 is 2.71 bits per heavy atom. The van der Waals surface area contributed by atoms with Gasteiger partial charge in [0.25, 0.3) is 0 Å². The van der Waals surface area contributed by atoms with Crippen LogP contribution < -0.4 is 0 Å². The van der Waals surface area contributed by atoms with Gasteiger partial charge in [0.05, 0.1) is 25.4 Å². The fourth-order valence-electron chi connectivity index (χ4n) is 2.43. The number of likely N-dealkylation sites (tertiary alicyclic amines) is 1. The quantitative estimate of drug-likeness (QED) is 0.842. The molecule has 1 heterocycles. The van der Waals surface area contributed by atoms with Gasteiger partial charge < -0.3 is 9.84 Å². The second-order valence-electron chi connectivity index (χ2n) is 4.89. The number of likely N-dealkylation sites (N-methyl/N-ethyl adjacent to an activating group) is 1. The smallest absolute Gasteiger partial charge is 0.0717 e. The predicted molar refractivity (Wildman–Crippen MR) is 67.8 cm³/mol. The predicted octanol–water partition coefficient (Wildman–Crippen LogP) is 1.66. The molecule has 0 radical (unpaired) electrons. The van der Waals surface area contributed by atoms with Gasteiger partial charge in [-0.25, -0.2) is 0 Å². The molecular formula is C14H21NO2. The highest BCUT2D eigenvalue weighted by Crippen LogP contribution is 2.27. The summed E-state index contributed by atoms with van der Waals surface area (Å²) in [4.78, 5) is 2.22. The Morgan fingerprint density at radius 1 is 1.35 bits per heavy atom. The van der Waals surface area contributed by atoms with Crippen LogP contribution in [0.1, 0.15) is 18.4 Å². The van der Waals surface area contributed by atoms with Crippen molar-refractivity contribution >= 4 is 0 Å². The van der Waals surface area contributed by atoms with E-state index in [0.717, 1.165) is 19.4 Å². The van der Waals surface area contributed by atoms with Crippen molar-refractivity contribution in [3.63, 3.8) is 0 Å². The molecule has 0 saturated carbocycles. The van der Waals surface area contributed by atoms with Crippen LogP contribution in [0.4, 0.5) is 0 Å². The summed E-state index contributed by atoms with van der Waals surface area (Å²) in [6.07, 6.45) is 2.17. The van der Waals surface area contributed by atoms with Crippen molar-refractivity contribution in [2.75, 3.05) is 26.8 Å². The third-order valence-corrected chi connectivity index (χ3v) is 3.72. The maximum Gasteiger partial charge on any atom is 0.0717 e. The average molecular weight is 235 g/mol. The van der Waals surface area contributed by atoms with Crippen molar-refractivity contribution in [1.29, 1.82) is 0 Å². The molecule has 0 bridgehead atoms. The zero-order valence-corrected chi connectivity index (χ0v) is 10.4. The van der Waals surface area contributed by atoms with Crippen LogP contribution in [0.5, 0.6) is 0 Å². The molecule has 0 unspecified atom stereocenters. The van der Waals surface area contributed by atoms with E-state index in [1.165, 1.54) is 5.56 Å². The maximum atomic E-state index is 9.56. The lowest BCUT2D eigenvalue weighted by Crippen LogP contribution is -2.48. The molecule has 1 N–H and O–H groups in total. The number of aliphatic hydroxyl groups is 1. The summed E-state index contributed by atoms with van der Waals surface area (Å²) in [5.41, 5.74) is 1.02. The SMILES string of the molecule is CN1CCC[C@]1(CO)COCc1ccccc1. The summed E-state index contributed by atoms with van der Waals surface area (Å²) < 4.78 is 5.77. The highest BCUT2D eigenvalue weighted by molar-refractivity contribution is 5.13. The Kier molecular flexibility index (Phi) is 4.15. The van der Waals surface area contributed by atoms with Gasteiger partial charge in [-0.15, -0.1) is 0 Å². The van der Waals surface area contributed by atoms with E-state index in [4.69, 9.17) is 4.74 Å². The number of aliphatic hydroxyl groups excluding tert-OH is 1. The van der Waals surface area contributed by atoms with Gasteiger partial charge in [0.15, 0.2) is 0 Å². The molecule has 3 heteroatoms. The first kappa shape index (κ1) is 12.6. The number of hydrogen-bond acceptors (Lipinski definition) is 3. The van der Waals surface area contributed by atoms with E-state index in [0.29, 0.717) is 13.2 Å². The highest BCUT2D eigenvalue weighted by atomic mass is 16.5. The Balaban J connectivity index is 1.85. The van der Waals surface area contributed by atoms with E-state index in [1.54, 1.807) is 0 Å². The first-order valence-corrected chi connectivity index (χ1v) is 6.21. The number of nitrogens with zero attached hydrogens (tertiary/aromatic N) is 1. The van der Waals surface area contributed by atoms with Crippen LogP contribution in [0, 0.1) is 0 Å². The van der Waals surface area contributed by atoms with E-state index >= 15 is 0 Å². The first-order valence-electron chi connectivity index (χ1n) is 6.21. The summed E-state index contributed by atoms with van der Waals surface area (Å²) in [5.74, 6) is 0. The van der Waals surface area contributed by atoms with Crippen molar-refractivity contribution < 1.29 is 9.84 Å². The van der Waals surface area contributed by atoms with E-state index in [1.807, 2.05) is 18.2 Å². The average Bonchev–Trinajstić information content (AvgIpc) is 2.73. The molecule has 1 aromatic carbocycles. The minimum atomic E-state index is -0.158. The van der Waals surface area contributed by atoms with Crippen LogP contribution in [-0.4, -0.2) is 42.4 Å². The topological polar surface area (TPSA) is 32.7 Å². The lowest BCUT2D eigenvalue weighted by atomic mass is 9.99. The molecule has 1 aliphatic rings. The molecule has 94 valence electrons. The fraction of sp³-hybridized carbons (Fsp3) is 0.571. The van der Waals surface area contributed by atoms with Crippen molar-refractivity contribution in [2.24, 2.45) is 0 Å². The number of hydrogen-bond donors (Lipinski definition) is 1. The van der Waals surface area contributed by atoms with Crippen molar-refractivity contribution in [3.8, 4) is 0 Å². The third-order valence-electron chi connectivity index (χ3n) is 3.72. The van der Waals surface area contributed by atoms with Crippen LogP contribution in [0.2, 0.25) is 0 Å². The number of ether oxygens (including phenoxy) is 1. The Labute approximate surface area is 103 Å². The van der Waals surface area contributed by atoms with Crippen molar-refractivity contribution in [1.82, 2.24) is 4.90 Å². The van der Waals surface area contributed by atoms with Gasteiger partial charge in [-0.3, -0.25) is 4.90 Å². The summed E-state index contributed by atoms with van der Waals surface area (Å²) >= 11 is 0. The van der Waals surface area contributed by atoms with E-state index in [-0.39, 0.29) is 12.1 Å². The molecular weight excluding hydrogens is 214 g/mol. The fourth-order valence-corrected chi connectivity index (χ4v) is 2.43. The second kappa shape index (κ2) is 5.63. The monoisotopic (exact) mass is 235 g/mol. The molecule has 1 atom stereocenters. The largest absolute Gasteiger partial charge is 0.394 e. The maximum absolute atomic E-state index is 9.56. The second-order valence-corrected chi connectivity index (χ2v) is 4.89. The lowest BCUT2D eigenvalue weighted by molar-refractivity contribution is -0.0141. The highest BCUT2D eigenvalue weighted by Gasteiger charge is 2.38. The van der Waals surface area contributed by atoms with Crippen LogP contribution in [0.25, 0.3) is 0 Å². The zero-order valence-electron chi connectivity index (χ0n) is 10.4. The van der Waals surface area contributed by atoms with E-state index < -0.39 is 0 Å². The third kappa shape index (κ3) is 2.86. The van der Waals surface area contributed by atoms with E-state index in [9.17, 15) is 5.11 Å². The molecule has 2 rings (SSSR count). The van der Waals surface area contributed by atoms with Gasteiger partial charge in [-0.05, 0) is 32.0 Å². The first-order chi connectivity index (χ1) is 8.27. The van der Waals surface area contributed by atoms with Crippen molar-refractivity contribution in [3.05, 3.63) is 35.9 Å². The van der Waals surface area contributed by atoms with Gasteiger partial charge in [0, 0.05) is 0 Å². The van der Waals surface area contributed by atoms with Crippen LogP contribution >= 0.6 is 0 Å². The number of benzene rings is 1. The zero-order chi connectivity index (χ0) is 12.1. The summed E-state index contributed by atoms with van der Waals surface area (Å²) in [5, 5.41) is 9.56. The number of rotatable bonds is 5. The minimum Gasteiger partial charge on any atom is -0.394 e. The molecule has 1 saturated heterocycles. The molecule has 0 amide bonds. The van der Waals surface area contributed by atoms with E-state index in [2.05, 4.69) is 24.1 Å².